The van der Waals surface area contributed by atoms with E-state index in [4.69, 9.17) is 11.6 Å². The van der Waals surface area contributed by atoms with E-state index in [2.05, 4.69) is 4.74 Å². The molecule has 0 N–H and O–H groups in total. The molecule has 0 saturated heterocycles. The smallest absolute Gasteiger partial charge is 0.416 e. The number of ether oxygens (including phenoxy) is 1. The zero-order valence-corrected chi connectivity index (χ0v) is 8.62. The first-order valence-corrected chi connectivity index (χ1v) is 4.29. The highest BCUT2D eigenvalue weighted by atomic mass is 35.5. The maximum Gasteiger partial charge on any atom is 0.416 e. The Morgan fingerprint density at radius 3 is 2.31 bits per heavy atom. The number of halogens is 5. The number of methoxy groups -OCH3 is 1. The Hall–Kier alpha value is -1.30. The van der Waals surface area contributed by atoms with E-state index in [1.807, 2.05) is 0 Å². The molecule has 16 heavy (non-hydrogen) atoms. The molecule has 88 valence electrons. The zero-order valence-electron chi connectivity index (χ0n) is 7.86. The van der Waals surface area contributed by atoms with Crippen molar-refractivity contribution in [1.29, 1.82) is 0 Å². The van der Waals surface area contributed by atoms with Gasteiger partial charge in [-0.25, -0.2) is 9.18 Å². The van der Waals surface area contributed by atoms with E-state index in [0.717, 1.165) is 7.11 Å². The molecule has 0 spiro atoms. The third kappa shape index (κ3) is 2.44. The van der Waals surface area contributed by atoms with Gasteiger partial charge in [-0.3, -0.25) is 0 Å². The average molecular weight is 257 g/mol. The van der Waals surface area contributed by atoms with Gasteiger partial charge in [0.1, 0.15) is 11.4 Å². The van der Waals surface area contributed by atoms with Crippen molar-refractivity contribution in [3.63, 3.8) is 0 Å². The summed E-state index contributed by atoms with van der Waals surface area (Å²) in [5.74, 6) is -2.50. The molecule has 7 heteroatoms. The van der Waals surface area contributed by atoms with Gasteiger partial charge in [0.05, 0.1) is 17.7 Å². The maximum absolute atomic E-state index is 13.2. The van der Waals surface area contributed by atoms with E-state index in [0.29, 0.717) is 6.07 Å². The maximum atomic E-state index is 13.2. The summed E-state index contributed by atoms with van der Waals surface area (Å²) in [6, 6.07) is 0.662. The van der Waals surface area contributed by atoms with Gasteiger partial charge in [0.25, 0.3) is 0 Å². The second-order valence-corrected chi connectivity index (χ2v) is 3.21. The number of carbonyl (C=O) groups excluding carboxylic acids is 1. The van der Waals surface area contributed by atoms with Crippen LogP contribution in [0, 0.1) is 5.82 Å². The summed E-state index contributed by atoms with van der Waals surface area (Å²) in [4.78, 5) is 11.0. The normalized spacial score (nSPS) is 11.4. The molecule has 0 atom stereocenters. The van der Waals surface area contributed by atoms with Gasteiger partial charge in [-0.1, -0.05) is 11.6 Å². The zero-order chi connectivity index (χ0) is 12.5. The van der Waals surface area contributed by atoms with Gasteiger partial charge < -0.3 is 4.74 Å². The first-order valence-electron chi connectivity index (χ1n) is 3.92. The number of esters is 1. The largest absolute Gasteiger partial charge is 0.465 e. The molecular formula is C9H5ClF4O2. The fourth-order valence-electron chi connectivity index (χ4n) is 1.03. The fourth-order valence-corrected chi connectivity index (χ4v) is 1.32. The Kier molecular flexibility index (Phi) is 3.42. The van der Waals surface area contributed by atoms with Gasteiger partial charge in [-0.05, 0) is 12.1 Å². The van der Waals surface area contributed by atoms with E-state index in [9.17, 15) is 22.4 Å². The SMILES string of the molecule is COC(=O)c1c(F)cc(C(F)(F)F)cc1Cl. The molecule has 2 nitrogen and oxygen atoms in total. The topological polar surface area (TPSA) is 26.3 Å². The fraction of sp³-hybridized carbons (Fsp3) is 0.222. The van der Waals surface area contributed by atoms with Crippen molar-refractivity contribution in [3.8, 4) is 0 Å². The Labute approximate surface area is 92.8 Å². The summed E-state index contributed by atoms with van der Waals surface area (Å²) in [6.07, 6.45) is -4.72. The Morgan fingerprint density at radius 2 is 1.94 bits per heavy atom. The third-order valence-corrected chi connectivity index (χ3v) is 2.06. The summed E-state index contributed by atoms with van der Waals surface area (Å²) in [5.41, 5.74) is -1.97. The summed E-state index contributed by atoms with van der Waals surface area (Å²) in [5, 5.41) is -0.640. The molecule has 0 bridgehead atoms. The minimum atomic E-state index is -4.72. The Morgan fingerprint density at radius 1 is 1.38 bits per heavy atom. The van der Waals surface area contributed by atoms with E-state index in [1.54, 1.807) is 0 Å². The van der Waals surface area contributed by atoms with Gasteiger partial charge in [0, 0.05) is 0 Å². The molecule has 0 aromatic heterocycles. The standard InChI is InChI=1S/C9H5ClF4O2/c1-16-8(15)7-5(10)2-4(3-6(7)11)9(12,13)14/h2-3H,1H3. The Balaban J connectivity index is 3.34. The van der Waals surface area contributed by atoms with Gasteiger partial charge >= 0.3 is 12.1 Å². The molecular weight excluding hydrogens is 252 g/mol. The summed E-state index contributed by atoms with van der Waals surface area (Å²) in [7, 11) is 0.968. The van der Waals surface area contributed by atoms with Crippen molar-refractivity contribution in [2.24, 2.45) is 0 Å². The predicted molar refractivity (Wildman–Crippen MR) is 47.8 cm³/mol. The van der Waals surface area contributed by atoms with Crippen LogP contribution in [0.4, 0.5) is 17.6 Å². The first-order chi connectivity index (χ1) is 7.27. The molecule has 0 amide bonds. The number of carbonyl (C=O) groups is 1. The van der Waals surface area contributed by atoms with Crippen LogP contribution in [0.5, 0.6) is 0 Å². The van der Waals surface area contributed by atoms with Crippen LogP contribution in [-0.2, 0) is 10.9 Å². The highest BCUT2D eigenvalue weighted by Gasteiger charge is 2.33. The second-order valence-electron chi connectivity index (χ2n) is 2.80. The molecule has 0 aliphatic rings. The van der Waals surface area contributed by atoms with Crippen LogP contribution in [0.25, 0.3) is 0 Å². The number of rotatable bonds is 1. The van der Waals surface area contributed by atoms with Crippen LogP contribution in [0.3, 0.4) is 0 Å². The van der Waals surface area contributed by atoms with Crippen LogP contribution in [-0.4, -0.2) is 13.1 Å². The summed E-state index contributed by atoms with van der Waals surface area (Å²) >= 11 is 5.37. The van der Waals surface area contributed by atoms with E-state index in [1.165, 1.54) is 0 Å². The van der Waals surface area contributed by atoms with E-state index >= 15 is 0 Å². The summed E-state index contributed by atoms with van der Waals surface area (Å²) < 4.78 is 54.0. The summed E-state index contributed by atoms with van der Waals surface area (Å²) in [6.45, 7) is 0. The van der Waals surface area contributed by atoms with E-state index in [-0.39, 0.29) is 6.07 Å². The lowest BCUT2D eigenvalue weighted by atomic mass is 10.1. The molecule has 0 unspecified atom stereocenters. The monoisotopic (exact) mass is 256 g/mol. The lowest BCUT2D eigenvalue weighted by molar-refractivity contribution is -0.137. The molecule has 0 fully saturated rings. The lowest BCUT2D eigenvalue weighted by Crippen LogP contribution is -2.10. The van der Waals surface area contributed by atoms with Crippen LogP contribution >= 0.6 is 11.6 Å². The molecule has 1 rings (SSSR count). The second kappa shape index (κ2) is 4.29. The van der Waals surface area contributed by atoms with Gasteiger partial charge in [-0.15, -0.1) is 0 Å². The molecule has 0 heterocycles. The average Bonchev–Trinajstić information content (AvgIpc) is 2.14. The predicted octanol–water partition coefficient (Wildman–Crippen LogP) is 3.28. The Bertz CT molecular complexity index is 405. The molecule has 0 radical (unpaired) electrons. The van der Waals surface area contributed by atoms with Crippen molar-refractivity contribution in [1.82, 2.24) is 0 Å². The van der Waals surface area contributed by atoms with Crippen LogP contribution in [0.1, 0.15) is 15.9 Å². The number of hydrogen-bond acceptors (Lipinski definition) is 2. The van der Waals surface area contributed by atoms with Gasteiger partial charge in [-0.2, -0.15) is 13.2 Å². The molecule has 0 aliphatic heterocycles. The van der Waals surface area contributed by atoms with Crippen molar-refractivity contribution in [3.05, 3.63) is 34.1 Å². The quantitative estimate of drug-likeness (QED) is 0.569. The van der Waals surface area contributed by atoms with Crippen LogP contribution < -0.4 is 0 Å². The molecule has 0 aliphatic carbocycles. The van der Waals surface area contributed by atoms with Crippen molar-refractivity contribution >= 4 is 17.6 Å². The van der Waals surface area contributed by atoms with E-state index < -0.39 is 34.1 Å². The molecule has 1 aromatic carbocycles. The van der Waals surface area contributed by atoms with Crippen molar-refractivity contribution < 1.29 is 27.1 Å². The number of hydrogen-bond donors (Lipinski definition) is 0. The minimum absolute atomic E-state index is 0.193. The first kappa shape index (κ1) is 12.8. The van der Waals surface area contributed by atoms with Gasteiger partial charge in [0.2, 0.25) is 0 Å². The van der Waals surface area contributed by atoms with Crippen LogP contribution in [0.2, 0.25) is 5.02 Å². The number of alkyl halides is 3. The van der Waals surface area contributed by atoms with Gasteiger partial charge in [0.15, 0.2) is 0 Å². The third-order valence-electron chi connectivity index (χ3n) is 1.76. The highest BCUT2D eigenvalue weighted by Crippen LogP contribution is 2.33. The van der Waals surface area contributed by atoms with Crippen molar-refractivity contribution in [2.75, 3.05) is 7.11 Å². The molecule has 1 aromatic rings. The van der Waals surface area contributed by atoms with Crippen molar-refractivity contribution in [2.45, 2.75) is 6.18 Å². The molecule has 0 saturated carbocycles. The minimum Gasteiger partial charge on any atom is -0.465 e. The number of benzene rings is 1. The highest BCUT2D eigenvalue weighted by molar-refractivity contribution is 6.33. The van der Waals surface area contributed by atoms with Crippen LogP contribution in [0.15, 0.2) is 12.1 Å². The lowest BCUT2D eigenvalue weighted by Gasteiger charge is -2.09.